The molecule has 0 bridgehead atoms. The van der Waals surface area contributed by atoms with Gasteiger partial charge in [-0.15, -0.1) is 5.10 Å². The number of nitrogens with one attached hydrogen (secondary N) is 1. The highest BCUT2D eigenvalue weighted by Crippen LogP contribution is 2.22. The Labute approximate surface area is 106 Å². The fourth-order valence-corrected chi connectivity index (χ4v) is 1.83. The van der Waals surface area contributed by atoms with E-state index in [4.69, 9.17) is 14.2 Å². The summed E-state index contributed by atoms with van der Waals surface area (Å²) in [5.41, 5.74) is 0.991. The maximum absolute atomic E-state index is 11.6. The van der Waals surface area contributed by atoms with Gasteiger partial charge in [-0.1, -0.05) is 0 Å². The summed E-state index contributed by atoms with van der Waals surface area (Å²) in [6, 6.07) is 0. The van der Waals surface area contributed by atoms with Gasteiger partial charge in [-0.25, -0.2) is 4.79 Å². The molecule has 6 nitrogen and oxygen atoms in total. The minimum atomic E-state index is -0.415. The van der Waals surface area contributed by atoms with Gasteiger partial charge in [0.25, 0.3) is 0 Å². The van der Waals surface area contributed by atoms with Crippen molar-refractivity contribution in [1.29, 1.82) is 0 Å². The molecular formula is C12H18N2O4. The number of aromatic nitrogens is 2. The second-order valence-electron chi connectivity index (χ2n) is 4.16. The molecule has 0 radical (unpaired) electrons. The third-order valence-corrected chi connectivity index (χ3v) is 2.83. The normalized spacial score (nSPS) is 19.6. The fourth-order valence-electron chi connectivity index (χ4n) is 1.83. The molecule has 0 aliphatic carbocycles. The van der Waals surface area contributed by atoms with Crippen molar-refractivity contribution < 1.29 is 19.0 Å². The van der Waals surface area contributed by atoms with E-state index in [1.807, 2.05) is 0 Å². The van der Waals surface area contributed by atoms with Crippen molar-refractivity contribution in [3.63, 3.8) is 0 Å². The van der Waals surface area contributed by atoms with E-state index in [1.165, 1.54) is 0 Å². The lowest BCUT2D eigenvalue weighted by Crippen LogP contribution is -2.25. The van der Waals surface area contributed by atoms with Crippen LogP contribution in [0.15, 0.2) is 0 Å². The predicted molar refractivity (Wildman–Crippen MR) is 63.5 cm³/mol. The molecule has 0 aromatic carbocycles. The number of rotatable bonds is 4. The minimum Gasteiger partial charge on any atom is -0.461 e. The lowest BCUT2D eigenvalue weighted by atomic mass is 10.2. The highest BCUT2D eigenvalue weighted by molar-refractivity contribution is 5.89. The number of esters is 1. The first kappa shape index (κ1) is 12.9. The second-order valence-corrected chi connectivity index (χ2v) is 4.16. The van der Waals surface area contributed by atoms with Crippen LogP contribution in [0.2, 0.25) is 0 Å². The van der Waals surface area contributed by atoms with E-state index in [9.17, 15) is 4.79 Å². The van der Waals surface area contributed by atoms with Crippen molar-refractivity contribution >= 4 is 5.97 Å². The van der Waals surface area contributed by atoms with E-state index >= 15 is 0 Å². The number of hydrogen-bond acceptors (Lipinski definition) is 5. The summed E-state index contributed by atoms with van der Waals surface area (Å²) in [5, 5.41) is 6.63. The second kappa shape index (κ2) is 5.86. The maximum Gasteiger partial charge on any atom is 0.356 e. The SMILES string of the molecule is CCOC(=O)c1[nH]nc(OC2CCCCO2)c1C. The van der Waals surface area contributed by atoms with Gasteiger partial charge in [0.2, 0.25) is 12.2 Å². The van der Waals surface area contributed by atoms with Crippen molar-refractivity contribution in [2.45, 2.75) is 39.4 Å². The molecule has 6 heteroatoms. The van der Waals surface area contributed by atoms with Gasteiger partial charge in [0, 0.05) is 12.0 Å². The molecule has 0 amide bonds. The number of carbonyl (C=O) groups is 1. The molecule has 1 aromatic heterocycles. The van der Waals surface area contributed by atoms with Gasteiger partial charge < -0.3 is 14.2 Å². The van der Waals surface area contributed by atoms with E-state index in [2.05, 4.69) is 10.2 Å². The van der Waals surface area contributed by atoms with Crippen molar-refractivity contribution in [1.82, 2.24) is 10.2 Å². The van der Waals surface area contributed by atoms with Gasteiger partial charge in [0.15, 0.2) is 0 Å². The van der Waals surface area contributed by atoms with Crippen LogP contribution in [0.3, 0.4) is 0 Å². The Morgan fingerprint density at radius 3 is 3.06 bits per heavy atom. The van der Waals surface area contributed by atoms with Gasteiger partial charge in [0.1, 0.15) is 5.69 Å². The summed E-state index contributed by atoms with van der Waals surface area (Å²) in [6.45, 7) is 4.57. The Hall–Kier alpha value is -1.56. The molecule has 1 unspecified atom stereocenters. The van der Waals surface area contributed by atoms with Gasteiger partial charge >= 0.3 is 5.97 Å². The molecule has 18 heavy (non-hydrogen) atoms. The van der Waals surface area contributed by atoms with Crippen LogP contribution in [0, 0.1) is 6.92 Å². The Kier molecular flexibility index (Phi) is 4.19. The number of carbonyl (C=O) groups excluding carboxylic acids is 1. The highest BCUT2D eigenvalue weighted by Gasteiger charge is 2.22. The third kappa shape index (κ3) is 2.81. The minimum absolute atomic E-state index is 0.268. The van der Waals surface area contributed by atoms with Crippen molar-refractivity contribution in [2.75, 3.05) is 13.2 Å². The summed E-state index contributed by atoms with van der Waals surface area (Å²) in [7, 11) is 0. The number of aromatic amines is 1. The molecule has 2 heterocycles. The van der Waals surface area contributed by atoms with E-state index in [-0.39, 0.29) is 6.29 Å². The van der Waals surface area contributed by atoms with Gasteiger partial charge in [-0.3, -0.25) is 5.10 Å². The smallest absolute Gasteiger partial charge is 0.356 e. The Bertz CT molecular complexity index is 410. The summed E-state index contributed by atoms with van der Waals surface area (Å²) in [5.74, 6) is -0.00753. The van der Waals surface area contributed by atoms with Crippen LogP contribution in [0.25, 0.3) is 0 Å². The fraction of sp³-hybridized carbons (Fsp3) is 0.667. The molecule has 1 fully saturated rings. The van der Waals surface area contributed by atoms with Crippen LogP contribution in [0.5, 0.6) is 5.88 Å². The van der Waals surface area contributed by atoms with Gasteiger partial charge in [-0.2, -0.15) is 0 Å². The topological polar surface area (TPSA) is 73.4 Å². The van der Waals surface area contributed by atoms with E-state index in [0.717, 1.165) is 19.3 Å². The zero-order chi connectivity index (χ0) is 13.0. The maximum atomic E-state index is 11.6. The molecule has 1 atom stereocenters. The average molecular weight is 254 g/mol. The quantitative estimate of drug-likeness (QED) is 0.829. The van der Waals surface area contributed by atoms with Crippen molar-refractivity contribution in [3.8, 4) is 5.88 Å². The number of nitrogens with zero attached hydrogens (tertiary/aromatic N) is 1. The lowest BCUT2D eigenvalue weighted by Gasteiger charge is -2.22. The van der Waals surface area contributed by atoms with Crippen LogP contribution in [0.1, 0.15) is 42.2 Å². The van der Waals surface area contributed by atoms with E-state index < -0.39 is 5.97 Å². The number of ether oxygens (including phenoxy) is 3. The lowest BCUT2D eigenvalue weighted by molar-refractivity contribution is -0.108. The molecule has 1 saturated heterocycles. The largest absolute Gasteiger partial charge is 0.461 e. The van der Waals surface area contributed by atoms with Crippen molar-refractivity contribution in [3.05, 3.63) is 11.3 Å². The number of H-pyrrole nitrogens is 1. The Morgan fingerprint density at radius 1 is 1.56 bits per heavy atom. The molecule has 1 aliphatic rings. The molecule has 1 aliphatic heterocycles. The third-order valence-electron chi connectivity index (χ3n) is 2.83. The summed E-state index contributed by atoms with van der Waals surface area (Å²) in [6.07, 6.45) is 2.73. The molecule has 2 rings (SSSR count). The molecule has 0 spiro atoms. The molecular weight excluding hydrogens is 236 g/mol. The molecule has 0 saturated carbocycles. The highest BCUT2D eigenvalue weighted by atomic mass is 16.7. The average Bonchev–Trinajstić information content (AvgIpc) is 2.73. The summed E-state index contributed by atoms with van der Waals surface area (Å²) in [4.78, 5) is 11.6. The summed E-state index contributed by atoms with van der Waals surface area (Å²) < 4.78 is 16.0. The summed E-state index contributed by atoms with van der Waals surface area (Å²) >= 11 is 0. The van der Waals surface area contributed by atoms with Crippen LogP contribution >= 0.6 is 0 Å². The first-order valence-electron chi connectivity index (χ1n) is 6.22. The zero-order valence-corrected chi connectivity index (χ0v) is 10.7. The zero-order valence-electron chi connectivity index (χ0n) is 10.7. The van der Waals surface area contributed by atoms with E-state index in [1.54, 1.807) is 13.8 Å². The van der Waals surface area contributed by atoms with Crippen LogP contribution in [-0.2, 0) is 9.47 Å². The predicted octanol–water partition coefficient (Wildman–Crippen LogP) is 1.80. The first-order valence-corrected chi connectivity index (χ1v) is 6.22. The Balaban J connectivity index is 2.03. The van der Waals surface area contributed by atoms with Crippen molar-refractivity contribution in [2.24, 2.45) is 0 Å². The molecule has 1 aromatic rings. The molecule has 1 N–H and O–H groups in total. The van der Waals surface area contributed by atoms with Gasteiger partial charge in [-0.05, 0) is 26.7 Å². The van der Waals surface area contributed by atoms with E-state index in [0.29, 0.717) is 30.4 Å². The monoisotopic (exact) mass is 254 g/mol. The number of hydrogen-bond donors (Lipinski definition) is 1. The first-order chi connectivity index (χ1) is 8.72. The van der Waals surface area contributed by atoms with Gasteiger partial charge in [0.05, 0.1) is 13.2 Å². The standard InChI is InChI=1S/C12H18N2O4/c1-3-16-12(15)10-8(2)11(14-13-10)18-9-6-4-5-7-17-9/h9H,3-7H2,1-2H3,(H,13,14). The van der Waals surface area contributed by atoms with Crippen LogP contribution in [-0.4, -0.2) is 35.7 Å². The van der Waals surface area contributed by atoms with Crippen LogP contribution < -0.4 is 4.74 Å². The Morgan fingerprint density at radius 2 is 2.39 bits per heavy atom. The molecule has 100 valence electrons. The van der Waals surface area contributed by atoms with Crippen LogP contribution in [0.4, 0.5) is 0 Å².